The lowest BCUT2D eigenvalue weighted by Gasteiger charge is -2.40. The van der Waals surface area contributed by atoms with Crippen LogP contribution in [0, 0.1) is 0 Å². The minimum Gasteiger partial charge on any atom is -0.478 e. The maximum atomic E-state index is 6.21. The molecule has 1 aromatic rings. The number of fused-ring (bicyclic) bond motifs is 1. The number of nitrogens with zero attached hydrogens (tertiary/aromatic N) is 2. The molecule has 3 nitrogen and oxygen atoms in total. The van der Waals surface area contributed by atoms with Crippen molar-refractivity contribution in [3.8, 4) is 0 Å². The van der Waals surface area contributed by atoms with E-state index in [1.54, 1.807) is 0 Å². The van der Waals surface area contributed by atoms with Gasteiger partial charge in [-0.3, -0.25) is 4.90 Å². The molecule has 0 saturated carbocycles. The van der Waals surface area contributed by atoms with Gasteiger partial charge in [0.15, 0.2) is 5.90 Å². The van der Waals surface area contributed by atoms with Gasteiger partial charge in [0.25, 0.3) is 0 Å². The normalized spacial score (nSPS) is 24.4. The first-order valence-corrected chi connectivity index (χ1v) is 10.4. The monoisotopic (exact) mass is 390 g/mol. The van der Waals surface area contributed by atoms with Crippen LogP contribution in [0.4, 0.5) is 0 Å². The van der Waals surface area contributed by atoms with E-state index in [4.69, 9.17) is 9.73 Å². The third-order valence-electron chi connectivity index (χ3n) is 5.62. The number of allylic oxidation sites excluding steroid dienone is 2. The Morgan fingerprint density at radius 2 is 1.90 bits per heavy atom. The molecule has 0 saturated heterocycles. The van der Waals surface area contributed by atoms with Crippen LogP contribution in [0.1, 0.15) is 51.3 Å². The van der Waals surface area contributed by atoms with Crippen molar-refractivity contribution in [2.45, 2.75) is 51.1 Å². The second-order valence-corrected chi connectivity index (χ2v) is 8.90. The molecular weight excluding hydrogens is 356 g/mol. The lowest BCUT2D eigenvalue weighted by Crippen LogP contribution is -2.40. The Balaban J connectivity index is 2.16. The van der Waals surface area contributed by atoms with Crippen LogP contribution in [0.25, 0.3) is 0 Å². The summed E-state index contributed by atoms with van der Waals surface area (Å²) in [5.41, 5.74) is 3.32. The highest BCUT2D eigenvalue weighted by Crippen LogP contribution is 2.45. The van der Waals surface area contributed by atoms with E-state index >= 15 is 0 Å². The summed E-state index contributed by atoms with van der Waals surface area (Å²) in [6.07, 6.45) is 11.7. The maximum absolute atomic E-state index is 6.21. The standard InChI is InChI=1S/C26H34N2O/c1-7-17-28(18-8-2)23-14-16-26(15-13-20(3)4,22-12-10-9-11-21(22)23)24-27-25(5,6)19-29-24/h7-14,16,23H,1-2,15,17-19H2,3-6H3/t23-,26+/m1/s1. The molecule has 0 radical (unpaired) electrons. The van der Waals surface area contributed by atoms with Gasteiger partial charge in [0.1, 0.15) is 6.61 Å². The molecule has 1 heterocycles. The fourth-order valence-electron chi connectivity index (χ4n) is 4.19. The number of hydrogen-bond acceptors (Lipinski definition) is 3. The van der Waals surface area contributed by atoms with E-state index in [-0.39, 0.29) is 17.0 Å². The van der Waals surface area contributed by atoms with Crippen LogP contribution in [-0.4, -0.2) is 36.0 Å². The summed E-state index contributed by atoms with van der Waals surface area (Å²) in [7, 11) is 0. The molecule has 0 amide bonds. The van der Waals surface area contributed by atoms with E-state index in [1.165, 1.54) is 16.7 Å². The molecule has 0 unspecified atom stereocenters. The Kier molecular flexibility index (Phi) is 6.28. The molecule has 0 spiro atoms. The van der Waals surface area contributed by atoms with E-state index < -0.39 is 0 Å². The Hall–Kier alpha value is -2.39. The second-order valence-electron chi connectivity index (χ2n) is 8.90. The Morgan fingerprint density at radius 3 is 2.48 bits per heavy atom. The minimum atomic E-state index is -0.369. The van der Waals surface area contributed by atoms with E-state index in [9.17, 15) is 0 Å². The van der Waals surface area contributed by atoms with Crippen molar-refractivity contribution in [2.75, 3.05) is 19.7 Å². The van der Waals surface area contributed by atoms with Gasteiger partial charge in [-0.15, -0.1) is 13.2 Å². The Morgan fingerprint density at radius 1 is 1.21 bits per heavy atom. The Bertz CT molecular complexity index is 847. The molecule has 29 heavy (non-hydrogen) atoms. The molecule has 154 valence electrons. The highest BCUT2D eigenvalue weighted by Gasteiger charge is 2.45. The molecule has 0 aromatic heterocycles. The zero-order chi connectivity index (χ0) is 21.1. The predicted octanol–water partition coefficient (Wildman–Crippen LogP) is 5.77. The molecule has 3 heteroatoms. The van der Waals surface area contributed by atoms with Gasteiger partial charge in [-0.1, -0.05) is 60.2 Å². The molecule has 0 fully saturated rings. The molecule has 2 atom stereocenters. The summed E-state index contributed by atoms with van der Waals surface area (Å²) in [4.78, 5) is 7.38. The van der Waals surface area contributed by atoms with E-state index in [1.807, 2.05) is 12.2 Å². The maximum Gasteiger partial charge on any atom is 0.199 e. The lowest BCUT2D eigenvalue weighted by atomic mass is 9.70. The first-order valence-electron chi connectivity index (χ1n) is 10.4. The number of hydrogen-bond donors (Lipinski definition) is 0. The van der Waals surface area contributed by atoms with Crippen LogP contribution in [0.2, 0.25) is 0 Å². The van der Waals surface area contributed by atoms with Crippen LogP contribution in [-0.2, 0) is 10.2 Å². The minimum absolute atomic E-state index is 0.178. The van der Waals surface area contributed by atoms with Gasteiger partial charge in [-0.05, 0) is 45.2 Å². The van der Waals surface area contributed by atoms with E-state index in [0.717, 1.165) is 25.4 Å². The molecule has 1 aliphatic heterocycles. The third-order valence-corrected chi connectivity index (χ3v) is 5.62. The molecule has 3 rings (SSSR count). The third kappa shape index (κ3) is 4.30. The van der Waals surface area contributed by atoms with Crippen molar-refractivity contribution in [1.82, 2.24) is 4.90 Å². The largest absolute Gasteiger partial charge is 0.478 e. The van der Waals surface area contributed by atoms with Gasteiger partial charge in [0, 0.05) is 13.1 Å². The zero-order valence-electron chi connectivity index (χ0n) is 18.3. The van der Waals surface area contributed by atoms with Crippen molar-refractivity contribution in [1.29, 1.82) is 0 Å². The number of rotatable bonds is 8. The summed E-state index contributed by atoms with van der Waals surface area (Å²) < 4.78 is 6.21. The van der Waals surface area contributed by atoms with Gasteiger partial charge in [0.05, 0.1) is 17.0 Å². The Labute approximate surface area is 176 Å². The van der Waals surface area contributed by atoms with Gasteiger partial charge in [-0.2, -0.15) is 0 Å². The summed E-state index contributed by atoms with van der Waals surface area (Å²) in [6, 6.07) is 8.90. The fraction of sp³-hybridized carbons (Fsp3) is 0.423. The molecule has 0 N–H and O–H groups in total. The summed E-state index contributed by atoms with van der Waals surface area (Å²) in [6.45, 7) is 18.7. The first kappa shape index (κ1) is 21.3. The van der Waals surface area contributed by atoms with Crippen molar-refractivity contribution in [3.63, 3.8) is 0 Å². The average molecular weight is 391 g/mol. The van der Waals surface area contributed by atoms with Crippen LogP contribution in [0.15, 0.2) is 78.4 Å². The molecule has 2 aliphatic rings. The quantitative estimate of drug-likeness (QED) is 0.526. The van der Waals surface area contributed by atoms with Crippen LogP contribution in [0.3, 0.4) is 0 Å². The molecule has 1 aliphatic carbocycles. The van der Waals surface area contributed by atoms with Crippen LogP contribution in [0.5, 0.6) is 0 Å². The van der Waals surface area contributed by atoms with Gasteiger partial charge in [-0.25, -0.2) is 4.99 Å². The van der Waals surface area contributed by atoms with Gasteiger partial charge in [0.2, 0.25) is 0 Å². The van der Waals surface area contributed by atoms with Crippen molar-refractivity contribution < 1.29 is 4.74 Å². The van der Waals surface area contributed by atoms with Crippen LogP contribution >= 0.6 is 0 Å². The fourth-order valence-corrected chi connectivity index (χ4v) is 4.19. The number of ether oxygens (including phenoxy) is 1. The lowest BCUT2D eigenvalue weighted by molar-refractivity contribution is 0.258. The van der Waals surface area contributed by atoms with Crippen LogP contribution < -0.4 is 0 Å². The molecule has 1 aromatic carbocycles. The highest BCUT2D eigenvalue weighted by molar-refractivity contribution is 5.93. The summed E-state index contributed by atoms with van der Waals surface area (Å²) in [5, 5.41) is 0. The van der Waals surface area contributed by atoms with Crippen molar-refractivity contribution in [2.24, 2.45) is 4.99 Å². The summed E-state index contributed by atoms with van der Waals surface area (Å²) >= 11 is 0. The second kappa shape index (κ2) is 8.54. The topological polar surface area (TPSA) is 24.8 Å². The molecule has 0 bridgehead atoms. The predicted molar refractivity (Wildman–Crippen MR) is 123 cm³/mol. The van der Waals surface area contributed by atoms with E-state index in [0.29, 0.717) is 6.61 Å². The van der Waals surface area contributed by atoms with Gasteiger partial charge >= 0.3 is 0 Å². The highest BCUT2D eigenvalue weighted by atomic mass is 16.5. The smallest absolute Gasteiger partial charge is 0.199 e. The average Bonchev–Trinajstić information content (AvgIpc) is 3.06. The van der Waals surface area contributed by atoms with Gasteiger partial charge < -0.3 is 4.74 Å². The number of benzene rings is 1. The summed E-state index contributed by atoms with van der Waals surface area (Å²) in [5.74, 6) is 0.834. The zero-order valence-corrected chi connectivity index (χ0v) is 18.3. The van der Waals surface area contributed by atoms with Crippen molar-refractivity contribution >= 4 is 5.90 Å². The first-order chi connectivity index (χ1) is 13.8. The van der Waals surface area contributed by atoms with E-state index in [2.05, 4.69) is 88.2 Å². The number of aliphatic imine (C=N–C) groups is 1. The van der Waals surface area contributed by atoms with Crippen molar-refractivity contribution in [3.05, 3.63) is 84.5 Å². The molecular formula is C26H34N2O. The SMILES string of the molecule is C=CCN(CC=C)[C@@H]1C=C[C@](CC=C(C)C)(C2=NC(C)(C)CO2)c2ccccc21.